The van der Waals surface area contributed by atoms with Gasteiger partial charge in [-0.1, -0.05) is 6.07 Å². The van der Waals surface area contributed by atoms with E-state index < -0.39 is 24.7 Å². The summed E-state index contributed by atoms with van der Waals surface area (Å²) in [5.41, 5.74) is 7.71. The van der Waals surface area contributed by atoms with Gasteiger partial charge in [0.1, 0.15) is 5.75 Å². The van der Waals surface area contributed by atoms with E-state index in [1.165, 1.54) is 18.2 Å². The molecule has 0 aromatic heterocycles. The molecule has 4 rings (SSSR count). The summed E-state index contributed by atoms with van der Waals surface area (Å²) in [7, 11) is 0. The number of rotatable bonds is 5. The average molecular weight is 390 g/mol. The second-order valence-corrected chi connectivity index (χ2v) is 6.51. The molecule has 2 aliphatic rings. The summed E-state index contributed by atoms with van der Waals surface area (Å²) < 4.78 is 40.5. The number of alkyl halides is 2. The van der Waals surface area contributed by atoms with Crippen LogP contribution in [0.25, 0.3) is 0 Å². The number of imide groups is 1. The van der Waals surface area contributed by atoms with Crippen LogP contribution in [0.5, 0.6) is 17.2 Å². The predicted octanol–water partition coefficient (Wildman–Crippen LogP) is 3.33. The van der Waals surface area contributed by atoms with Crippen LogP contribution in [0.15, 0.2) is 36.4 Å². The number of benzene rings is 2. The largest absolute Gasteiger partial charge is 0.453 e. The zero-order valence-corrected chi connectivity index (χ0v) is 14.5. The van der Waals surface area contributed by atoms with Crippen molar-refractivity contribution in [3.63, 3.8) is 0 Å². The highest BCUT2D eigenvalue weighted by atomic mass is 19.3. The van der Waals surface area contributed by atoms with Crippen LogP contribution in [0.2, 0.25) is 0 Å². The number of hydrogen-bond acceptors (Lipinski definition) is 6. The predicted molar refractivity (Wildman–Crippen MR) is 93.5 cm³/mol. The lowest BCUT2D eigenvalue weighted by atomic mass is 9.95. The van der Waals surface area contributed by atoms with Crippen LogP contribution in [0, 0.1) is 0 Å². The Hall–Kier alpha value is -3.36. The van der Waals surface area contributed by atoms with Crippen LogP contribution < -0.4 is 20.5 Å². The molecule has 1 aliphatic carbocycles. The van der Waals surface area contributed by atoms with Gasteiger partial charge in [-0.25, -0.2) is 4.79 Å². The Kier molecular flexibility index (Phi) is 4.50. The molecule has 1 aliphatic heterocycles. The van der Waals surface area contributed by atoms with Gasteiger partial charge >= 0.3 is 12.7 Å². The minimum Gasteiger partial charge on any atom is -0.453 e. The van der Waals surface area contributed by atoms with E-state index in [4.69, 9.17) is 15.2 Å². The van der Waals surface area contributed by atoms with Crippen LogP contribution in [-0.2, 0) is 16.0 Å². The highest BCUT2D eigenvalue weighted by Gasteiger charge is 2.42. The Labute approximate surface area is 158 Å². The van der Waals surface area contributed by atoms with Crippen LogP contribution in [0.1, 0.15) is 23.5 Å². The van der Waals surface area contributed by atoms with Gasteiger partial charge in [-0.15, -0.1) is 0 Å². The Balaban J connectivity index is 1.56. The van der Waals surface area contributed by atoms with E-state index in [9.17, 15) is 18.4 Å². The Bertz CT molecular complexity index is 950. The van der Waals surface area contributed by atoms with E-state index in [2.05, 4.69) is 10.1 Å². The fourth-order valence-corrected chi connectivity index (χ4v) is 3.56. The number of carbonyl (C=O) groups is 2. The minimum absolute atomic E-state index is 0.105. The van der Waals surface area contributed by atoms with E-state index in [-0.39, 0.29) is 23.1 Å². The van der Waals surface area contributed by atoms with Crippen molar-refractivity contribution in [2.24, 2.45) is 0 Å². The fraction of sp³-hybridized carbons (Fsp3) is 0.263. The molecule has 7 nitrogen and oxygen atoms in total. The highest BCUT2D eigenvalue weighted by Crippen LogP contribution is 2.41. The molecule has 1 saturated heterocycles. The van der Waals surface area contributed by atoms with Crippen LogP contribution in [0.3, 0.4) is 0 Å². The van der Waals surface area contributed by atoms with Gasteiger partial charge in [-0.2, -0.15) is 8.78 Å². The number of halogens is 2. The first-order valence-corrected chi connectivity index (χ1v) is 8.57. The monoisotopic (exact) mass is 390 g/mol. The third-order valence-corrected chi connectivity index (χ3v) is 4.73. The van der Waals surface area contributed by atoms with E-state index >= 15 is 0 Å². The van der Waals surface area contributed by atoms with Crippen LogP contribution >= 0.6 is 0 Å². The number of ether oxygens (including phenoxy) is 3. The molecule has 2 atom stereocenters. The Morgan fingerprint density at radius 1 is 1.14 bits per heavy atom. The number of fused-ring (bicyclic) bond motifs is 1. The first-order valence-electron chi connectivity index (χ1n) is 8.57. The fourth-order valence-electron chi connectivity index (χ4n) is 3.56. The zero-order chi connectivity index (χ0) is 19.8. The molecule has 0 radical (unpaired) electrons. The summed E-state index contributed by atoms with van der Waals surface area (Å²) in [5, 5.41) is 2.13. The molecule has 28 heavy (non-hydrogen) atoms. The summed E-state index contributed by atoms with van der Waals surface area (Å²) in [4.78, 5) is 23.1. The maximum absolute atomic E-state index is 12.6. The van der Waals surface area contributed by atoms with Crippen molar-refractivity contribution in [2.75, 3.05) is 5.73 Å². The summed E-state index contributed by atoms with van der Waals surface area (Å²) in [6.07, 6.45) is -0.270. The number of carbonyl (C=O) groups excluding carboxylic acids is 2. The number of aryl methyl sites for hydroxylation is 1. The number of nitrogen functional groups attached to an aromatic ring is 1. The second-order valence-electron chi connectivity index (χ2n) is 6.51. The topological polar surface area (TPSA) is 99.9 Å². The molecule has 3 N–H and O–H groups in total. The molecule has 146 valence electrons. The Morgan fingerprint density at radius 3 is 2.68 bits per heavy atom. The number of hydrogen-bond donors (Lipinski definition) is 2. The van der Waals surface area contributed by atoms with Gasteiger partial charge in [0.2, 0.25) is 0 Å². The van der Waals surface area contributed by atoms with Crippen molar-refractivity contribution in [1.29, 1.82) is 0 Å². The Morgan fingerprint density at radius 2 is 1.96 bits per heavy atom. The number of amides is 2. The maximum Gasteiger partial charge on any atom is 0.414 e. The third kappa shape index (κ3) is 3.42. The lowest BCUT2D eigenvalue weighted by molar-refractivity contribution is -0.124. The summed E-state index contributed by atoms with van der Waals surface area (Å²) in [5.74, 6) is -0.309. The first-order chi connectivity index (χ1) is 13.4. The molecule has 1 heterocycles. The normalized spacial score (nSPS) is 20.7. The minimum atomic E-state index is -3.01. The van der Waals surface area contributed by atoms with Gasteiger partial charge in [0.05, 0.1) is 0 Å². The van der Waals surface area contributed by atoms with E-state index in [0.717, 1.165) is 11.1 Å². The van der Waals surface area contributed by atoms with Crippen molar-refractivity contribution >= 4 is 17.7 Å². The van der Waals surface area contributed by atoms with Crippen molar-refractivity contribution < 1.29 is 32.6 Å². The molecule has 0 spiro atoms. The summed E-state index contributed by atoms with van der Waals surface area (Å²) >= 11 is 0. The number of alkyl carbamates (subject to hydrolysis) is 1. The van der Waals surface area contributed by atoms with Gasteiger partial charge in [0.15, 0.2) is 17.6 Å². The molecular formula is C19H16F2N2O5. The zero-order valence-electron chi connectivity index (χ0n) is 14.5. The van der Waals surface area contributed by atoms with E-state index in [0.29, 0.717) is 18.6 Å². The third-order valence-electron chi connectivity index (χ3n) is 4.73. The SMILES string of the molecule is Nc1ccc(Oc2ccc3c(c2)CC[C@H]3[C@@H]2OC(=O)NC2=O)c(OC(F)F)c1. The molecular weight excluding hydrogens is 374 g/mol. The quantitative estimate of drug-likeness (QED) is 0.760. The van der Waals surface area contributed by atoms with Crippen molar-refractivity contribution in [3.05, 3.63) is 47.5 Å². The first kappa shape index (κ1) is 18.0. The standard InChI is InChI=1S/C19H16F2N2O5/c20-18(21)27-15-8-10(22)2-6-14(15)26-11-3-5-12-9(7-11)1-4-13(12)16-17(24)23-19(25)28-16/h2-3,5-8,13,16,18H,1,4,22H2,(H,23,24,25)/t13-,16+/m1/s1. The van der Waals surface area contributed by atoms with E-state index in [1.807, 2.05) is 0 Å². The van der Waals surface area contributed by atoms with Gasteiger partial charge in [0.25, 0.3) is 5.91 Å². The smallest absolute Gasteiger partial charge is 0.414 e. The molecule has 2 amide bonds. The second kappa shape index (κ2) is 6.99. The van der Waals surface area contributed by atoms with E-state index in [1.54, 1.807) is 18.2 Å². The van der Waals surface area contributed by atoms with Gasteiger partial charge in [-0.3, -0.25) is 10.1 Å². The summed E-state index contributed by atoms with van der Waals surface area (Å²) in [6.45, 7) is -3.01. The molecule has 2 aromatic carbocycles. The number of cyclic esters (lactones) is 1. The van der Waals surface area contributed by atoms with Crippen molar-refractivity contribution in [3.8, 4) is 17.2 Å². The molecule has 9 heteroatoms. The molecule has 0 unspecified atom stereocenters. The molecule has 0 saturated carbocycles. The van der Waals surface area contributed by atoms with Gasteiger partial charge in [0, 0.05) is 17.7 Å². The van der Waals surface area contributed by atoms with Gasteiger partial charge < -0.3 is 19.9 Å². The van der Waals surface area contributed by atoms with Crippen LogP contribution in [-0.4, -0.2) is 24.7 Å². The number of nitrogens with two attached hydrogens (primary N) is 1. The van der Waals surface area contributed by atoms with Crippen molar-refractivity contribution in [2.45, 2.75) is 31.5 Å². The van der Waals surface area contributed by atoms with Gasteiger partial charge in [-0.05, 0) is 48.2 Å². The maximum atomic E-state index is 12.6. The number of nitrogens with one attached hydrogen (secondary N) is 1. The van der Waals surface area contributed by atoms with Crippen LogP contribution in [0.4, 0.5) is 19.3 Å². The molecule has 2 aromatic rings. The lowest BCUT2D eigenvalue weighted by Crippen LogP contribution is -2.28. The lowest BCUT2D eigenvalue weighted by Gasteiger charge is -2.16. The highest BCUT2D eigenvalue weighted by molar-refractivity contribution is 6.00. The summed E-state index contributed by atoms with van der Waals surface area (Å²) in [6, 6.07) is 9.45. The molecule has 1 fully saturated rings. The number of anilines is 1. The van der Waals surface area contributed by atoms with Crippen molar-refractivity contribution in [1.82, 2.24) is 5.32 Å². The average Bonchev–Trinajstić information content (AvgIpc) is 3.18. The molecule has 0 bridgehead atoms.